The maximum Gasteiger partial charge on any atom is 0.0791 e. The number of allylic oxidation sites excluding steroid dienone is 4. The lowest BCUT2D eigenvalue weighted by atomic mass is 10.5. The van der Waals surface area contributed by atoms with Gasteiger partial charge in [0.2, 0.25) is 0 Å². The zero-order valence-electron chi connectivity index (χ0n) is 4.04. The molecule has 0 aliphatic carbocycles. The van der Waals surface area contributed by atoms with Gasteiger partial charge in [0.15, 0.2) is 0 Å². The van der Waals surface area contributed by atoms with Crippen LogP contribution in [0, 0.1) is 0 Å². The monoisotopic (exact) mass is 96.1 g/mol. The molecule has 0 aromatic heterocycles. The summed E-state index contributed by atoms with van der Waals surface area (Å²) in [5.41, 5.74) is 0. The second-order valence-electron chi connectivity index (χ2n) is 0.962. The molecule has 0 atom stereocenters. The molecule has 0 radical (unpaired) electrons. The minimum absolute atomic E-state index is 0.972. The van der Waals surface area contributed by atoms with Gasteiger partial charge in [-0.2, -0.15) is 0 Å². The Hall–Kier alpha value is -0.980. The lowest BCUT2D eigenvalue weighted by Crippen LogP contribution is -1.46. The Morgan fingerprint density at radius 3 is 2.29 bits per heavy atom. The lowest BCUT2D eigenvalue weighted by molar-refractivity contribution is 0.474. The second-order valence-corrected chi connectivity index (χ2v) is 0.962. The zero-order chi connectivity index (χ0) is 5.54. The van der Waals surface area contributed by atoms with Gasteiger partial charge in [0.25, 0.3) is 0 Å². The van der Waals surface area contributed by atoms with E-state index in [9.17, 15) is 0 Å². The molecule has 0 aliphatic heterocycles. The molecule has 1 nitrogen and oxygen atoms in total. The predicted molar refractivity (Wildman–Crippen MR) is 31.1 cm³/mol. The van der Waals surface area contributed by atoms with Gasteiger partial charge in [0, 0.05) is 0 Å². The van der Waals surface area contributed by atoms with Crippen molar-refractivity contribution in [2.75, 3.05) is 0 Å². The highest BCUT2D eigenvalue weighted by molar-refractivity contribution is 5.06. The molecular formula is C6H8O. The summed E-state index contributed by atoms with van der Waals surface area (Å²) in [5.74, 6) is 0. The van der Waals surface area contributed by atoms with Crippen LogP contribution in [0.4, 0.5) is 0 Å². The lowest BCUT2D eigenvalue weighted by Gasteiger charge is -1.65. The van der Waals surface area contributed by atoms with Crippen molar-refractivity contribution in [1.29, 1.82) is 0 Å². The Morgan fingerprint density at radius 1 is 1.14 bits per heavy atom. The van der Waals surface area contributed by atoms with Crippen LogP contribution in [0.15, 0.2) is 37.1 Å². The molecule has 38 valence electrons. The van der Waals surface area contributed by atoms with Crippen LogP contribution in [0.1, 0.15) is 0 Å². The predicted octanol–water partition coefficient (Wildman–Crippen LogP) is 1.80. The highest BCUT2D eigenvalue weighted by Gasteiger charge is 1.53. The van der Waals surface area contributed by atoms with Crippen LogP contribution in [0.25, 0.3) is 0 Å². The van der Waals surface area contributed by atoms with E-state index < -0.39 is 0 Å². The van der Waals surface area contributed by atoms with Crippen LogP contribution >= 0.6 is 0 Å². The summed E-state index contributed by atoms with van der Waals surface area (Å²) in [4.78, 5) is 0. The molecule has 7 heavy (non-hydrogen) atoms. The average molecular weight is 96.1 g/mol. The van der Waals surface area contributed by atoms with E-state index in [0.717, 1.165) is 6.26 Å². The third kappa shape index (κ3) is 5.02. The van der Waals surface area contributed by atoms with Crippen molar-refractivity contribution in [1.82, 2.24) is 0 Å². The third-order valence-electron chi connectivity index (χ3n) is 0.444. The molecule has 0 saturated carbocycles. The SMILES string of the molecule is C=C/C=C\C=C/O. The molecule has 0 unspecified atom stereocenters. The highest BCUT2D eigenvalue weighted by Crippen LogP contribution is 1.72. The van der Waals surface area contributed by atoms with Crippen LogP contribution in [0.5, 0.6) is 0 Å². The number of hydrogen-bond acceptors (Lipinski definition) is 1. The highest BCUT2D eigenvalue weighted by atomic mass is 16.2. The molecule has 0 saturated heterocycles. The molecule has 1 heteroatoms. The van der Waals surface area contributed by atoms with E-state index in [-0.39, 0.29) is 0 Å². The summed E-state index contributed by atoms with van der Waals surface area (Å²) in [5, 5.41) is 8.03. The summed E-state index contributed by atoms with van der Waals surface area (Å²) in [7, 11) is 0. The third-order valence-corrected chi connectivity index (χ3v) is 0.444. The van der Waals surface area contributed by atoms with Gasteiger partial charge in [-0.1, -0.05) is 24.8 Å². The van der Waals surface area contributed by atoms with Gasteiger partial charge < -0.3 is 5.11 Å². The molecule has 0 heterocycles. The molecule has 0 aromatic carbocycles. The van der Waals surface area contributed by atoms with E-state index >= 15 is 0 Å². The number of aliphatic hydroxyl groups excluding tert-OH is 1. The van der Waals surface area contributed by atoms with Crippen LogP contribution < -0.4 is 0 Å². The van der Waals surface area contributed by atoms with E-state index in [1.54, 1.807) is 18.2 Å². The van der Waals surface area contributed by atoms with Crippen molar-refractivity contribution < 1.29 is 5.11 Å². The molecule has 1 N–H and O–H groups in total. The molecular weight excluding hydrogens is 88.1 g/mol. The molecule has 0 amide bonds. The Labute approximate surface area is 43.3 Å². The summed E-state index contributed by atoms with van der Waals surface area (Å²) < 4.78 is 0. The van der Waals surface area contributed by atoms with Crippen LogP contribution in [0.3, 0.4) is 0 Å². The maximum absolute atomic E-state index is 8.03. The van der Waals surface area contributed by atoms with E-state index in [4.69, 9.17) is 5.11 Å². The Kier molecular flexibility index (Phi) is 4.32. The smallest absolute Gasteiger partial charge is 0.0791 e. The largest absolute Gasteiger partial charge is 0.516 e. The molecule has 0 rings (SSSR count). The van der Waals surface area contributed by atoms with Crippen molar-refractivity contribution in [2.45, 2.75) is 0 Å². The topological polar surface area (TPSA) is 20.2 Å². The Morgan fingerprint density at radius 2 is 1.86 bits per heavy atom. The normalized spacial score (nSPS) is 10.9. The van der Waals surface area contributed by atoms with Crippen molar-refractivity contribution in [2.24, 2.45) is 0 Å². The molecule has 0 aromatic rings. The molecule has 0 bridgehead atoms. The summed E-state index contributed by atoms with van der Waals surface area (Å²) >= 11 is 0. The van der Waals surface area contributed by atoms with Crippen molar-refractivity contribution in [3.05, 3.63) is 37.1 Å². The van der Waals surface area contributed by atoms with Gasteiger partial charge in [-0.15, -0.1) is 0 Å². The van der Waals surface area contributed by atoms with Crippen LogP contribution in [0.2, 0.25) is 0 Å². The molecule has 0 fully saturated rings. The summed E-state index contributed by atoms with van der Waals surface area (Å²) in [6, 6.07) is 0. The van der Waals surface area contributed by atoms with Gasteiger partial charge >= 0.3 is 0 Å². The number of rotatable bonds is 2. The van der Waals surface area contributed by atoms with Gasteiger partial charge in [-0.05, 0) is 6.08 Å². The first-order valence-corrected chi connectivity index (χ1v) is 2.00. The Balaban J connectivity index is 3.27. The van der Waals surface area contributed by atoms with Crippen LogP contribution in [-0.2, 0) is 0 Å². The molecule has 0 spiro atoms. The second kappa shape index (κ2) is 5.02. The summed E-state index contributed by atoms with van der Waals surface area (Å²) in [6.07, 6.45) is 7.54. The van der Waals surface area contributed by atoms with Gasteiger partial charge in [0.1, 0.15) is 0 Å². The fraction of sp³-hybridized carbons (Fsp3) is 0. The zero-order valence-corrected chi connectivity index (χ0v) is 4.04. The first-order chi connectivity index (χ1) is 3.41. The minimum atomic E-state index is 0.972. The van der Waals surface area contributed by atoms with E-state index in [2.05, 4.69) is 6.58 Å². The minimum Gasteiger partial charge on any atom is -0.516 e. The van der Waals surface area contributed by atoms with Crippen LogP contribution in [-0.4, -0.2) is 5.11 Å². The first-order valence-electron chi connectivity index (χ1n) is 2.00. The quantitative estimate of drug-likeness (QED) is 0.410. The molecule has 0 aliphatic rings. The van der Waals surface area contributed by atoms with Gasteiger partial charge in [-0.3, -0.25) is 0 Å². The Bertz CT molecular complexity index is 90.4. The first kappa shape index (κ1) is 6.02. The van der Waals surface area contributed by atoms with Gasteiger partial charge in [0.05, 0.1) is 6.26 Å². The number of aliphatic hydroxyl groups is 1. The average Bonchev–Trinajstić information content (AvgIpc) is 1.69. The summed E-state index contributed by atoms with van der Waals surface area (Å²) in [6.45, 7) is 3.43. The van der Waals surface area contributed by atoms with E-state index in [1.165, 1.54) is 6.08 Å². The number of hydrogen-bond donors (Lipinski definition) is 1. The van der Waals surface area contributed by atoms with Crippen molar-refractivity contribution in [3.8, 4) is 0 Å². The van der Waals surface area contributed by atoms with Crippen molar-refractivity contribution in [3.63, 3.8) is 0 Å². The standard InChI is InChI=1S/C6H8O/c1-2-3-4-5-6-7/h2-7H,1H2/b4-3-,6-5-. The fourth-order valence-electron chi connectivity index (χ4n) is 0.192. The maximum atomic E-state index is 8.03. The van der Waals surface area contributed by atoms with E-state index in [0.29, 0.717) is 0 Å². The fourth-order valence-corrected chi connectivity index (χ4v) is 0.192. The van der Waals surface area contributed by atoms with Gasteiger partial charge in [-0.25, -0.2) is 0 Å². The van der Waals surface area contributed by atoms with E-state index in [1.807, 2.05) is 0 Å². The van der Waals surface area contributed by atoms with Crippen molar-refractivity contribution >= 4 is 0 Å².